The molecular formula is C18H22N2O3S. The van der Waals surface area contributed by atoms with Crippen molar-refractivity contribution in [3.63, 3.8) is 0 Å². The van der Waals surface area contributed by atoms with Gasteiger partial charge in [-0.1, -0.05) is 30.3 Å². The normalized spacial score (nSPS) is 22.8. The van der Waals surface area contributed by atoms with Crippen LogP contribution in [0, 0.1) is 0 Å². The number of hydrogen-bond donors (Lipinski definition) is 1. The Morgan fingerprint density at radius 2 is 1.71 bits per heavy atom. The van der Waals surface area contributed by atoms with Crippen LogP contribution in [0.25, 0.3) is 0 Å². The second-order valence-corrected chi connectivity index (χ2v) is 8.30. The molecule has 1 aliphatic rings. The van der Waals surface area contributed by atoms with Gasteiger partial charge in [0.05, 0.1) is 17.0 Å². The number of nitrogens with zero attached hydrogens (tertiary/aromatic N) is 2. The number of likely N-dealkylation sites (N-methyl/N-ethyl adjacent to an activating group) is 1. The Kier molecular flexibility index (Phi) is 4.38. The molecule has 24 heavy (non-hydrogen) atoms. The SMILES string of the molecule is CN(C)c1ccc(C[C@H]2[C@H](O)c3ccccc3S(=O)(=O)N2C)cc1. The Hall–Kier alpha value is -1.89. The highest BCUT2D eigenvalue weighted by molar-refractivity contribution is 7.89. The van der Waals surface area contributed by atoms with Crippen molar-refractivity contribution in [2.45, 2.75) is 23.5 Å². The number of rotatable bonds is 3. The van der Waals surface area contributed by atoms with Gasteiger partial charge < -0.3 is 10.0 Å². The maximum Gasteiger partial charge on any atom is 0.243 e. The van der Waals surface area contributed by atoms with E-state index in [9.17, 15) is 13.5 Å². The number of anilines is 1. The monoisotopic (exact) mass is 346 g/mol. The van der Waals surface area contributed by atoms with Crippen molar-refractivity contribution in [2.24, 2.45) is 0 Å². The minimum Gasteiger partial charge on any atom is -0.387 e. The number of aliphatic hydroxyl groups is 1. The fourth-order valence-electron chi connectivity index (χ4n) is 3.11. The molecule has 0 saturated carbocycles. The molecule has 128 valence electrons. The van der Waals surface area contributed by atoms with E-state index in [1.807, 2.05) is 43.3 Å². The second-order valence-electron chi connectivity index (χ2n) is 6.34. The molecule has 1 aliphatic heterocycles. The van der Waals surface area contributed by atoms with E-state index in [1.54, 1.807) is 24.3 Å². The van der Waals surface area contributed by atoms with Crippen LogP contribution in [0.5, 0.6) is 0 Å². The van der Waals surface area contributed by atoms with E-state index < -0.39 is 22.2 Å². The van der Waals surface area contributed by atoms with Gasteiger partial charge in [0, 0.05) is 32.4 Å². The van der Waals surface area contributed by atoms with E-state index in [-0.39, 0.29) is 4.90 Å². The number of fused-ring (bicyclic) bond motifs is 1. The van der Waals surface area contributed by atoms with Gasteiger partial charge in [0.2, 0.25) is 10.0 Å². The van der Waals surface area contributed by atoms with Gasteiger partial charge in [0.25, 0.3) is 0 Å². The minimum atomic E-state index is -3.58. The first-order valence-corrected chi connectivity index (χ1v) is 9.27. The Morgan fingerprint density at radius 1 is 1.08 bits per heavy atom. The van der Waals surface area contributed by atoms with Crippen molar-refractivity contribution in [3.05, 3.63) is 59.7 Å². The van der Waals surface area contributed by atoms with Crippen LogP contribution < -0.4 is 4.90 Å². The summed E-state index contributed by atoms with van der Waals surface area (Å²) in [7, 11) is 1.89. The summed E-state index contributed by atoms with van der Waals surface area (Å²) in [4.78, 5) is 2.20. The van der Waals surface area contributed by atoms with Gasteiger partial charge in [-0.05, 0) is 30.2 Å². The highest BCUT2D eigenvalue weighted by atomic mass is 32.2. The summed E-state index contributed by atoms with van der Waals surface area (Å²) in [5, 5.41) is 10.7. The summed E-state index contributed by atoms with van der Waals surface area (Å²) in [5.41, 5.74) is 2.55. The Bertz CT molecular complexity index is 832. The van der Waals surface area contributed by atoms with Gasteiger partial charge in [-0.2, -0.15) is 4.31 Å². The second kappa shape index (κ2) is 6.20. The molecular weight excluding hydrogens is 324 g/mol. The average Bonchev–Trinajstić information content (AvgIpc) is 2.58. The van der Waals surface area contributed by atoms with Crippen LogP contribution in [0.3, 0.4) is 0 Å². The average molecular weight is 346 g/mol. The van der Waals surface area contributed by atoms with Gasteiger partial charge >= 0.3 is 0 Å². The van der Waals surface area contributed by atoms with E-state index in [4.69, 9.17) is 0 Å². The van der Waals surface area contributed by atoms with Crippen LogP contribution in [0.2, 0.25) is 0 Å². The lowest BCUT2D eigenvalue weighted by Gasteiger charge is -2.37. The molecule has 0 fully saturated rings. The van der Waals surface area contributed by atoms with E-state index in [0.29, 0.717) is 12.0 Å². The van der Waals surface area contributed by atoms with Gasteiger partial charge in [0.1, 0.15) is 0 Å². The van der Waals surface area contributed by atoms with Crippen molar-refractivity contribution in [2.75, 3.05) is 26.0 Å². The summed E-state index contributed by atoms with van der Waals surface area (Å²) >= 11 is 0. The van der Waals surface area contributed by atoms with E-state index in [0.717, 1.165) is 11.3 Å². The fraction of sp³-hybridized carbons (Fsp3) is 0.333. The van der Waals surface area contributed by atoms with Gasteiger partial charge in [-0.15, -0.1) is 0 Å². The molecule has 0 aliphatic carbocycles. The predicted molar refractivity (Wildman–Crippen MR) is 94.6 cm³/mol. The third-order valence-electron chi connectivity index (χ3n) is 4.62. The molecule has 0 saturated heterocycles. The third-order valence-corrected chi connectivity index (χ3v) is 6.58. The zero-order chi connectivity index (χ0) is 17.5. The van der Waals surface area contributed by atoms with Crippen LogP contribution in [0.4, 0.5) is 5.69 Å². The maximum atomic E-state index is 12.7. The first kappa shape index (κ1) is 17.0. The van der Waals surface area contributed by atoms with Crippen LogP contribution in [0.15, 0.2) is 53.4 Å². The summed E-state index contributed by atoms with van der Waals surface area (Å²) < 4.78 is 26.7. The molecule has 0 unspecified atom stereocenters. The number of sulfonamides is 1. The number of benzene rings is 2. The summed E-state index contributed by atoms with van der Waals surface area (Å²) in [5.74, 6) is 0. The predicted octanol–water partition coefficient (Wildman–Crippen LogP) is 2.03. The largest absolute Gasteiger partial charge is 0.387 e. The molecule has 0 aromatic heterocycles. The Morgan fingerprint density at radius 3 is 2.33 bits per heavy atom. The minimum absolute atomic E-state index is 0.194. The summed E-state index contributed by atoms with van der Waals surface area (Å²) in [6.07, 6.45) is -0.387. The number of hydrogen-bond acceptors (Lipinski definition) is 4. The highest BCUT2D eigenvalue weighted by Crippen LogP contribution is 2.36. The fourth-order valence-corrected chi connectivity index (χ4v) is 4.70. The molecule has 1 N–H and O–H groups in total. The van der Waals surface area contributed by atoms with Crippen molar-refractivity contribution in [3.8, 4) is 0 Å². The summed E-state index contributed by atoms with van der Waals surface area (Å²) in [6.45, 7) is 0. The lowest BCUT2D eigenvalue weighted by Crippen LogP contribution is -2.46. The molecule has 0 radical (unpaired) electrons. The third kappa shape index (κ3) is 2.81. The zero-order valence-electron chi connectivity index (χ0n) is 14.0. The van der Waals surface area contributed by atoms with E-state index in [1.165, 1.54) is 11.4 Å². The molecule has 2 aromatic rings. The Labute approximate surface area is 143 Å². The van der Waals surface area contributed by atoms with Crippen molar-refractivity contribution in [1.29, 1.82) is 0 Å². The molecule has 0 amide bonds. The van der Waals surface area contributed by atoms with E-state index >= 15 is 0 Å². The Balaban J connectivity index is 1.94. The van der Waals surface area contributed by atoms with E-state index in [2.05, 4.69) is 0 Å². The zero-order valence-corrected chi connectivity index (χ0v) is 14.9. The molecule has 0 bridgehead atoms. The van der Waals surface area contributed by atoms with Gasteiger partial charge in [-0.3, -0.25) is 0 Å². The molecule has 2 aromatic carbocycles. The topological polar surface area (TPSA) is 60.9 Å². The molecule has 5 nitrogen and oxygen atoms in total. The maximum absolute atomic E-state index is 12.7. The van der Waals surface area contributed by atoms with Gasteiger partial charge in [-0.25, -0.2) is 8.42 Å². The van der Waals surface area contributed by atoms with Crippen LogP contribution in [-0.2, 0) is 16.4 Å². The quantitative estimate of drug-likeness (QED) is 0.924. The molecule has 0 spiro atoms. The standard InChI is InChI=1S/C18H22N2O3S/c1-19(2)14-10-8-13(9-11-14)12-16-18(21)15-6-4-5-7-17(15)24(22,23)20(16)3/h4-11,16,18,21H,12H2,1-3H3/t16-,18+/m0/s1. The van der Waals surface area contributed by atoms with Crippen molar-refractivity contribution >= 4 is 15.7 Å². The lowest BCUT2D eigenvalue weighted by molar-refractivity contribution is 0.0892. The highest BCUT2D eigenvalue weighted by Gasteiger charge is 2.41. The number of aliphatic hydroxyl groups excluding tert-OH is 1. The first-order chi connectivity index (χ1) is 11.3. The molecule has 2 atom stereocenters. The van der Waals surface area contributed by atoms with Crippen LogP contribution in [0.1, 0.15) is 17.2 Å². The smallest absolute Gasteiger partial charge is 0.243 e. The lowest BCUT2D eigenvalue weighted by atomic mass is 9.95. The van der Waals surface area contributed by atoms with Crippen LogP contribution >= 0.6 is 0 Å². The van der Waals surface area contributed by atoms with Crippen molar-refractivity contribution in [1.82, 2.24) is 4.31 Å². The van der Waals surface area contributed by atoms with Crippen molar-refractivity contribution < 1.29 is 13.5 Å². The first-order valence-electron chi connectivity index (χ1n) is 7.83. The van der Waals surface area contributed by atoms with Gasteiger partial charge in [0.15, 0.2) is 0 Å². The molecule has 3 rings (SSSR count). The summed E-state index contributed by atoms with van der Waals surface area (Å²) in [6, 6.07) is 14.1. The molecule has 6 heteroatoms. The molecule has 1 heterocycles. The van der Waals surface area contributed by atoms with Crippen LogP contribution in [-0.4, -0.2) is 45.0 Å².